The Labute approximate surface area is 189 Å². The molecule has 2 aliphatic rings. The van der Waals surface area contributed by atoms with E-state index >= 15 is 0 Å². The SMILES string of the molecule is O=C(c1ccc(Cl)cc1)N1CCC(C(=O)N2CCCN(Cc3ccccc3)CC2)CC1. The summed E-state index contributed by atoms with van der Waals surface area (Å²) in [5.41, 5.74) is 1.97. The van der Waals surface area contributed by atoms with Crippen LogP contribution < -0.4 is 0 Å². The average Bonchev–Trinajstić information content (AvgIpc) is 3.05. The second kappa shape index (κ2) is 10.3. The van der Waals surface area contributed by atoms with Crippen molar-refractivity contribution in [2.45, 2.75) is 25.8 Å². The third-order valence-corrected chi connectivity index (χ3v) is 6.62. The molecule has 0 radical (unpaired) electrons. The number of rotatable bonds is 4. The maximum absolute atomic E-state index is 13.1. The predicted molar refractivity (Wildman–Crippen MR) is 123 cm³/mol. The number of hydrogen-bond acceptors (Lipinski definition) is 3. The number of benzene rings is 2. The monoisotopic (exact) mass is 439 g/mol. The summed E-state index contributed by atoms with van der Waals surface area (Å²) in [6, 6.07) is 17.5. The molecule has 31 heavy (non-hydrogen) atoms. The van der Waals surface area contributed by atoms with Crippen LogP contribution in [0.3, 0.4) is 0 Å². The summed E-state index contributed by atoms with van der Waals surface area (Å²) in [6.45, 7) is 5.75. The van der Waals surface area contributed by atoms with Crippen molar-refractivity contribution in [1.82, 2.24) is 14.7 Å². The van der Waals surface area contributed by atoms with Gasteiger partial charge < -0.3 is 9.80 Å². The highest BCUT2D eigenvalue weighted by molar-refractivity contribution is 6.30. The fraction of sp³-hybridized carbons (Fsp3) is 0.440. The van der Waals surface area contributed by atoms with Gasteiger partial charge in [0.15, 0.2) is 0 Å². The molecule has 2 amide bonds. The Morgan fingerprint density at radius 1 is 0.806 bits per heavy atom. The quantitative estimate of drug-likeness (QED) is 0.725. The summed E-state index contributed by atoms with van der Waals surface area (Å²) in [5, 5.41) is 0.626. The molecule has 0 saturated carbocycles. The molecule has 2 aromatic rings. The topological polar surface area (TPSA) is 43.9 Å². The van der Waals surface area contributed by atoms with Crippen molar-refractivity contribution in [2.24, 2.45) is 5.92 Å². The molecular formula is C25H30ClN3O2. The van der Waals surface area contributed by atoms with Gasteiger partial charge in [0.25, 0.3) is 5.91 Å². The first kappa shape index (κ1) is 21.8. The number of carbonyl (C=O) groups excluding carboxylic acids is 2. The van der Waals surface area contributed by atoms with Crippen LogP contribution in [0.15, 0.2) is 54.6 Å². The van der Waals surface area contributed by atoms with E-state index in [4.69, 9.17) is 11.6 Å². The molecule has 2 heterocycles. The summed E-state index contributed by atoms with van der Waals surface area (Å²) >= 11 is 5.92. The van der Waals surface area contributed by atoms with Crippen LogP contribution in [0.4, 0.5) is 0 Å². The molecule has 2 fully saturated rings. The third kappa shape index (κ3) is 5.66. The molecule has 6 heteroatoms. The van der Waals surface area contributed by atoms with Gasteiger partial charge in [-0.05, 0) is 49.1 Å². The van der Waals surface area contributed by atoms with Gasteiger partial charge in [0.2, 0.25) is 5.91 Å². The first-order valence-electron chi connectivity index (χ1n) is 11.2. The van der Waals surface area contributed by atoms with Crippen LogP contribution in [0.2, 0.25) is 5.02 Å². The zero-order valence-corrected chi connectivity index (χ0v) is 18.6. The van der Waals surface area contributed by atoms with Crippen molar-refractivity contribution < 1.29 is 9.59 Å². The molecule has 2 saturated heterocycles. The molecule has 0 atom stereocenters. The van der Waals surface area contributed by atoms with E-state index < -0.39 is 0 Å². The van der Waals surface area contributed by atoms with Gasteiger partial charge in [0.05, 0.1) is 0 Å². The lowest BCUT2D eigenvalue weighted by molar-refractivity contribution is -0.136. The van der Waals surface area contributed by atoms with E-state index in [2.05, 4.69) is 29.2 Å². The van der Waals surface area contributed by atoms with Crippen molar-refractivity contribution in [3.05, 3.63) is 70.7 Å². The first-order valence-corrected chi connectivity index (χ1v) is 11.6. The first-order chi connectivity index (χ1) is 15.1. The molecule has 0 bridgehead atoms. The summed E-state index contributed by atoms with van der Waals surface area (Å²) in [7, 11) is 0. The molecule has 0 spiro atoms. The molecular weight excluding hydrogens is 410 g/mol. The van der Waals surface area contributed by atoms with Crippen molar-refractivity contribution >= 4 is 23.4 Å². The summed E-state index contributed by atoms with van der Waals surface area (Å²) in [5.74, 6) is 0.309. The minimum atomic E-state index is 0.0221. The highest BCUT2D eigenvalue weighted by Gasteiger charge is 2.31. The van der Waals surface area contributed by atoms with E-state index in [1.807, 2.05) is 15.9 Å². The van der Waals surface area contributed by atoms with Crippen LogP contribution >= 0.6 is 11.6 Å². The smallest absolute Gasteiger partial charge is 0.253 e. The molecule has 4 rings (SSSR count). The Kier molecular flexibility index (Phi) is 7.25. The van der Waals surface area contributed by atoms with Gasteiger partial charge >= 0.3 is 0 Å². The Bertz CT molecular complexity index is 879. The number of amides is 2. The Hall–Kier alpha value is -2.37. The lowest BCUT2D eigenvalue weighted by Gasteiger charge is -2.34. The van der Waals surface area contributed by atoms with E-state index in [1.54, 1.807) is 24.3 Å². The van der Waals surface area contributed by atoms with Crippen molar-refractivity contribution in [1.29, 1.82) is 0 Å². The van der Waals surface area contributed by atoms with E-state index in [9.17, 15) is 9.59 Å². The molecule has 0 aromatic heterocycles. The van der Waals surface area contributed by atoms with Gasteiger partial charge in [-0.1, -0.05) is 41.9 Å². The molecule has 0 unspecified atom stereocenters. The largest absolute Gasteiger partial charge is 0.341 e. The lowest BCUT2D eigenvalue weighted by atomic mass is 9.94. The fourth-order valence-corrected chi connectivity index (χ4v) is 4.68. The van der Waals surface area contributed by atoms with Crippen LogP contribution in [0, 0.1) is 5.92 Å². The molecule has 2 aromatic carbocycles. The summed E-state index contributed by atoms with van der Waals surface area (Å²) in [6.07, 6.45) is 2.48. The number of piperidine rings is 1. The zero-order valence-electron chi connectivity index (χ0n) is 17.9. The lowest BCUT2D eigenvalue weighted by Crippen LogP contribution is -2.45. The normalized spacial score (nSPS) is 18.6. The maximum atomic E-state index is 13.1. The third-order valence-electron chi connectivity index (χ3n) is 6.37. The van der Waals surface area contributed by atoms with Crippen molar-refractivity contribution in [2.75, 3.05) is 39.3 Å². The Morgan fingerprint density at radius 2 is 1.52 bits per heavy atom. The Balaban J connectivity index is 1.26. The van der Waals surface area contributed by atoms with Crippen molar-refractivity contribution in [3.63, 3.8) is 0 Å². The molecule has 0 aliphatic carbocycles. The van der Waals surface area contributed by atoms with Gasteiger partial charge in [-0.25, -0.2) is 0 Å². The average molecular weight is 440 g/mol. The minimum absolute atomic E-state index is 0.0221. The fourth-order valence-electron chi connectivity index (χ4n) is 4.55. The number of likely N-dealkylation sites (tertiary alicyclic amines) is 1. The molecule has 0 N–H and O–H groups in total. The van der Waals surface area contributed by atoms with Crippen LogP contribution in [0.5, 0.6) is 0 Å². The van der Waals surface area contributed by atoms with Gasteiger partial charge in [-0.3, -0.25) is 14.5 Å². The molecule has 5 nitrogen and oxygen atoms in total. The maximum Gasteiger partial charge on any atom is 0.253 e. The number of hydrogen-bond donors (Lipinski definition) is 0. The van der Waals surface area contributed by atoms with E-state index in [0.29, 0.717) is 23.7 Å². The van der Waals surface area contributed by atoms with Crippen LogP contribution in [0.25, 0.3) is 0 Å². The highest BCUT2D eigenvalue weighted by Crippen LogP contribution is 2.23. The zero-order chi connectivity index (χ0) is 21.6. The van der Waals surface area contributed by atoms with Crippen LogP contribution in [0.1, 0.15) is 35.2 Å². The second-order valence-corrected chi connectivity index (χ2v) is 8.95. The predicted octanol–water partition coefficient (Wildman–Crippen LogP) is 3.93. The van der Waals surface area contributed by atoms with Gasteiger partial charge in [0, 0.05) is 62.3 Å². The second-order valence-electron chi connectivity index (χ2n) is 8.51. The minimum Gasteiger partial charge on any atom is -0.341 e. The number of nitrogens with zero attached hydrogens (tertiary/aromatic N) is 3. The highest BCUT2D eigenvalue weighted by atomic mass is 35.5. The standard InChI is InChI=1S/C25H30ClN3O2/c26-23-9-7-21(8-10-23)24(30)29-15-11-22(12-16-29)25(31)28-14-4-13-27(17-18-28)19-20-5-2-1-3-6-20/h1-3,5-10,22H,4,11-19H2. The van der Waals surface area contributed by atoms with Crippen LogP contribution in [-0.2, 0) is 11.3 Å². The van der Waals surface area contributed by atoms with Gasteiger partial charge in [-0.2, -0.15) is 0 Å². The summed E-state index contributed by atoms with van der Waals surface area (Å²) in [4.78, 5) is 32.2. The molecule has 2 aliphatic heterocycles. The van der Waals surface area contributed by atoms with Crippen LogP contribution in [-0.4, -0.2) is 65.8 Å². The van der Waals surface area contributed by atoms with E-state index in [-0.39, 0.29) is 17.7 Å². The van der Waals surface area contributed by atoms with E-state index in [1.165, 1.54) is 5.56 Å². The molecule has 164 valence electrons. The van der Waals surface area contributed by atoms with Crippen molar-refractivity contribution in [3.8, 4) is 0 Å². The Morgan fingerprint density at radius 3 is 2.23 bits per heavy atom. The summed E-state index contributed by atoms with van der Waals surface area (Å²) < 4.78 is 0. The van der Waals surface area contributed by atoms with Gasteiger partial charge in [0.1, 0.15) is 0 Å². The number of halogens is 1. The van der Waals surface area contributed by atoms with Gasteiger partial charge in [-0.15, -0.1) is 0 Å². The number of carbonyl (C=O) groups is 2. The van der Waals surface area contributed by atoms with E-state index in [0.717, 1.165) is 52.0 Å².